The summed E-state index contributed by atoms with van der Waals surface area (Å²) in [5.74, 6) is -0.363. The van der Waals surface area contributed by atoms with E-state index in [0.29, 0.717) is 0 Å². The third kappa shape index (κ3) is 17.4. The number of carbonyl (C=O) groups is 1. The van der Waals surface area contributed by atoms with Gasteiger partial charge in [-0.15, -0.1) is 0 Å². The summed E-state index contributed by atoms with van der Waals surface area (Å²) in [6.07, 6.45) is 19.5. The highest BCUT2D eigenvalue weighted by molar-refractivity contribution is 5.83. The summed E-state index contributed by atoms with van der Waals surface area (Å²) >= 11 is 0. The quantitative estimate of drug-likeness (QED) is 0.234. The Bertz CT molecular complexity index is 320. The predicted molar refractivity (Wildman–Crippen MR) is 113 cm³/mol. The van der Waals surface area contributed by atoms with Crippen molar-refractivity contribution in [2.75, 3.05) is 6.61 Å². The highest BCUT2D eigenvalue weighted by Gasteiger charge is 2.22. The van der Waals surface area contributed by atoms with Gasteiger partial charge in [0.05, 0.1) is 6.61 Å². The van der Waals surface area contributed by atoms with Crippen LogP contribution in [-0.4, -0.2) is 39.9 Å². The minimum Gasteiger partial charge on any atom is -0.394 e. The molecule has 0 aliphatic carbocycles. The summed E-state index contributed by atoms with van der Waals surface area (Å²) < 4.78 is 0. The van der Waals surface area contributed by atoms with Crippen LogP contribution >= 0.6 is 0 Å². The Hall–Kier alpha value is -0.450. The normalized spacial score (nSPS) is 13.6. The third-order valence-corrected chi connectivity index (χ3v) is 5.41. The summed E-state index contributed by atoms with van der Waals surface area (Å²) in [4.78, 5) is 11.6. The van der Waals surface area contributed by atoms with Gasteiger partial charge in [-0.2, -0.15) is 0 Å². The van der Waals surface area contributed by atoms with Crippen LogP contribution in [0.1, 0.15) is 122 Å². The van der Waals surface area contributed by atoms with E-state index >= 15 is 0 Å². The van der Waals surface area contributed by atoms with Gasteiger partial charge in [-0.3, -0.25) is 4.79 Å². The molecule has 2 atom stereocenters. The highest BCUT2D eigenvalue weighted by atomic mass is 16.4. The summed E-state index contributed by atoms with van der Waals surface area (Å²) in [6, 6.07) is 0. The van der Waals surface area contributed by atoms with Gasteiger partial charge < -0.3 is 15.3 Å². The van der Waals surface area contributed by atoms with E-state index in [1.807, 2.05) is 0 Å². The second-order valence-corrected chi connectivity index (χ2v) is 8.07. The monoisotopic (exact) mass is 386 g/mol. The van der Waals surface area contributed by atoms with Crippen LogP contribution in [0.15, 0.2) is 0 Å². The number of carbonyl (C=O) groups excluding carboxylic acids is 1. The molecule has 0 aromatic heterocycles. The molecule has 0 fully saturated rings. The van der Waals surface area contributed by atoms with Crippen molar-refractivity contribution in [2.24, 2.45) is 0 Å². The first-order valence-corrected chi connectivity index (χ1v) is 11.6. The zero-order chi connectivity index (χ0) is 20.2. The van der Waals surface area contributed by atoms with Gasteiger partial charge in [0.1, 0.15) is 12.2 Å². The maximum Gasteiger partial charge on any atom is 0.164 e. The number of aliphatic hydroxyl groups excluding tert-OH is 3. The van der Waals surface area contributed by atoms with Crippen molar-refractivity contribution in [3.8, 4) is 0 Å². The first-order chi connectivity index (χ1) is 13.1. The molecule has 162 valence electrons. The lowest BCUT2D eigenvalue weighted by molar-refractivity contribution is -0.134. The summed E-state index contributed by atoms with van der Waals surface area (Å²) in [6.45, 7) is 1.69. The molecular weight excluding hydrogens is 340 g/mol. The molecule has 0 saturated carbocycles. The minimum absolute atomic E-state index is 0.289. The van der Waals surface area contributed by atoms with E-state index in [0.717, 1.165) is 19.3 Å². The fourth-order valence-electron chi connectivity index (χ4n) is 3.49. The van der Waals surface area contributed by atoms with Gasteiger partial charge in [0.25, 0.3) is 0 Å². The van der Waals surface area contributed by atoms with Gasteiger partial charge >= 0.3 is 0 Å². The molecule has 0 aromatic rings. The van der Waals surface area contributed by atoms with E-state index in [1.165, 1.54) is 89.9 Å². The molecule has 0 amide bonds. The number of aliphatic hydroxyl groups is 3. The van der Waals surface area contributed by atoms with Crippen molar-refractivity contribution in [3.63, 3.8) is 0 Å². The van der Waals surface area contributed by atoms with Crippen LogP contribution in [0.25, 0.3) is 0 Å². The van der Waals surface area contributed by atoms with Crippen LogP contribution in [0.3, 0.4) is 0 Å². The molecule has 0 radical (unpaired) electrons. The van der Waals surface area contributed by atoms with Crippen LogP contribution in [0, 0.1) is 0 Å². The molecular formula is C23H46O4. The Labute approximate surface area is 167 Å². The number of rotatable bonds is 21. The summed E-state index contributed by atoms with van der Waals surface area (Å²) in [7, 11) is 0. The second-order valence-electron chi connectivity index (χ2n) is 8.07. The van der Waals surface area contributed by atoms with Crippen LogP contribution in [-0.2, 0) is 4.79 Å². The maximum atomic E-state index is 11.6. The van der Waals surface area contributed by atoms with Crippen molar-refractivity contribution in [2.45, 2.75) is 135 Å². The van der Waals surface area contributed by atoms with Gasteiger partial charge in [-0.05, 0) is 6.42 Å². The van der Waals surface area contributed by atoms with Crippen molar-refractivity contribution in [1.82, 2.24) is 0 Å². The lowest BCUT2D eigenvalue weighted by Crippen LogP contribution is -2.36. The van der Waals surface area contributed by atoms with Gasteiger partial charge in [0.2, 0.25) is 0 Å². The molecule has 0 bridgehead atoms. The van der Waals surface area contributed by atoms with Crippen molar-refractivity contribution < 1.29 is 20.1 Å². The standard InChI is InChI=1S/C23H46O4/c1-2-3-4-5-6-7-8-9-10-11-12-13-14-15-16-17-18-19-21(25)23(27)22(26)20-24/h22-24,26-27H,2-20H2,1H3/t22-,23?/m0/s1. The molecule has 1 unspecified atom stereocenters. The van der Waals surface area contributed by atoms with Gasteiger partial charge in [-0.25, -0.2) is 0 Å². The Morgan fingerprint density at radius 1 is 0.630 bits per heavy atom. The topological polar surface area (TPSA) is 77.8 Å². The van der Waals surface area contributed by atoms with E-state index in [4.69, 9.17) is 5.11 Å². The molecule has 4 heteroatoms. The Morgan fingerprint density at radius 2 is 0.963 bits per heavy atom. The molecule has 0 aliphatic rings. The zero-order valence-electron chi connectivity index (χ0n) is 17.8. The number of hydrogen-bond donors (Lipinski definition) is 3. The average molecular weight is 387 g/mol. The lowest BCUT2D eigenvalue weighted by Gasteiger charge is -2.13. The molecule has 0 heterocycles. The summed E-state index contributed by atoms with van der Waals surface area (Å²) in [5.41, 5.74) is 0. The van der Waals surface area contributed by atoms with E-state index in [1.54, 1.807) is 0 Å². The lowest BCUT2D eigenvalue weighted by atomic mass is 10.0. The fourth-order valence-corrected chi connectivity index (χ4v) is 3.49. The smallest absolute Gasteiger partial charge is 0.164 e. The predicted octanol–water partition coefficient (Wildman–Crippen LogP) is 5.31. The van der Waals surface area contributed by atoms with Crippen LogP contribution in [0.2, 0.25) is 0 Å². The van der Waals surface area contributed by atoms with E-state index in [2.05, 4.69) is 6.92 Å². The molecule has 0 spiro atoms. The summed E-state index contributed by atoms with van der Waals surface area (Å²) in [5, 5.41) is 27.4. The Kier molecular flexibility index (Phi) is 20.0. The van der Waals surface area contributed by atoms with E-state index in [9.17, 15) is 15.0 Å². The third-order valence-electron chi connectivity index (χ3n) is 5.41. The SMILES string of the molecule is CCCCCCCCCCCCCCCCCCCC(=O)C(O)[C@@H](O)CO. The van der Waals surface area contributed by atoms with Crippen LogP contribution < -0.4 is 0 Å². The van der Waals surface area contributed by atoms with Gasteiger partial charge in [-0.1, -0.05) is 110 Å². The number of ketones is 1. The van der Waals surface area contributed by atoms with Gasteiger partial charge in [0.15, 0.2) is 5.78 Å². The van der Waals surface area contributed by atoms with Gasteiger partial charge in [0, 0.05) is 6.42 Å². The van der Waals surface area contributed by atoms with E-state index in [-0.39, 0.29) is 12.2 Å². The highest BCUT2D eigenvalue weighted by Crippen LogP contribution is 2.14. The van der Waals surface area contributed by atoms with Crippen LogP contribution in [0.5, 0.6) is 0 Å². The van der Waals surface area contributed by atoms with E-state index < -0.39 is 18.8 Å². The fraction of sp³-hybridized carbons (Fsp3) is 0.957. The second kappa shape index (κ2) is 20.3. The number of unbranched alkanes of at least 4 members (excludes halogenated alkanes) is 16. The minimum atomic E-state index is -1.43. The maximum absolute atomic E-state index is 11.6. The van der Waals surface area contributed by atoms with Crippen molar-refractivity contribution in [1.29, 1.82) is 0 Å². The molecule has 3 N–H and O–H groups in total. The molecule has 0 aromatic carbocycles. The molecule has 4 nitrogen and oxygen atoms in total. The largest absolute Gasteiger partial charge is 0.394 e. The first kappa shape index (κ1) is 26.6. The van der Waals surface area contributed by atoms with Crippen LogP contribution in [0.4, 0.5) is 0 Å². The Morgan fingerprint density at radius 3 is 1.30 bits per heavy atom. The van der Waals surface area contributed by atoms with Crippen molar-refractivity contribution >= 4 is 5.78 Å². The first-order valence-electron chi connectivity index (χ1n) is 11.6. The number of Topliss-reactive ketones (excluding diaryl/α,β-unsaturated/α-hetero) is 1. The molecule has 0 saturated heterocycles. The molecule has 27 heavy (non-hydrogen) atoms. The zero-order valence-corrected chi connectivity index (χ0v) is 17.8. The molecule has 0 rings (SSSR count). The van der Waals surface area contributed by atoms with Crippen molar-refractivity contribution in [3.05, 3.63) is 0 Å². The Balaban J connectivity index is 3.20. The average Bonchev–Trinajstić information content (AvgIpc) is 2.68. The molecule has 0 aliphatic heterocycles. The number of hydrogen-bond acceptors (Lipinski definition) is 4.